The van der Waals surface area contributed by atoms with Crippen molar-refractivity contribution in [1.29, 1.82) is 0 Å². The lowest BCUT2D eigenvalue weighted by Crippen LogP contribution is -2.36. The number of aliphatic hydroxyl groups excluding tert-OH is 1. The Morgan fingerprint density at radius 2 is 2.05 bits per heavy atom. The van der Waals surface area contributed by atoms with E-state index in [9.17, 15) is 5.11 Å². The molecule has 1 aromatic rings. The Bertz CT molecular complexity index is 442. The van der Waals surface area contributed by atoms with Gasteiger partial charge in [-0.25, -0.2) is 9.97 Å². The van der Waals surface area contributed by atoms with Crippen LogP contribution in [0, 0.1) is 5.92 Å². The molecule has 2 rings (SSSR count). The number of hydrogen-bond acceptors (Lipinski definition) is 5. The van der Waals surface area contributed by atoms with E-state index in [1.165, 1.54) is 5.56 Å². The van der Waals surface area contributed by atoms with Gasteiger partial charge in [0.1, 0.15) is 18.0 Å². The van der Waals surface area contributed by atoms with Crippen LogP contribution in [0.2, 0.25) is 0 Å². The first-order valence-corrected chi connectivity index (χ1v) is 8.11. The molecule has 2 N–H and O–H groups in total. The molecule has 0 aliphatic carbocycles. The van der Waals surface area contributed by atoms with E-state index in [1.54, 1.807) is 6.33 Å². The molecule has 0 saturated carbocycles. The predicted molar refractivity (Wildman–Crippen MR) is 86.9 cm³/mol. The summed E-state index contributed by atoms with van der Waals surface area (Å²) in [4.78, 5) is 11.3. The van der Waals surface area contributed by atoms with Crippen LogP contribution < -0.4 is 10.2 Å². The van der Waals surface area contributed by atoms with Gasteiger partial charge < -0.3 is 15.3 Å². The summed E-state index contributed by atoms with van der Waals surface area (Å²) in [5.41, 5.74) is 1.22. The molecule has 0 amide bonds. The van der Waals surface area contributed by atoms with E-state index in [2.05, 4.69) is 41.0 Å². The molecule has 118 valence electrons. The summed E-state index contributed by atoms with van der Waals surface area (Å²) in [6.45, 7) is 9.72. The second-order valence-electron chi connectivity index (χ2n) is 6.15. The highest BCUT2D eigenvalue weighted by Crippen LogP contribution is 2.32. The molecule has 0 bridgehead atoms. The van der Waals surface area contributed by atoms with E-state index in [4.69, 9.17) is 0 Å². The minimum absolute atomic E-state index is 0.304. The fourth-order valence-corrected chi connectivity index (χ4v) is 2.88. The van der Waals surface area contributed by atoms with Crippen molar-refractivity contribution in [3.8, 4) is 0 Å². The second kappa shape index (κ2) is 7.59. The quantitative estimate of drug-likeness (QED) is 0.844. The molecule has 0 atom stereocenters. The lowest BCUT2D eigenvalue weighted by Gasteiger charge is -2.34. The molecule has 1 aliphatic rings. The van der Waals surface area contributed by atoms with Gasteiger partial charge in [-0.15, -0.1) is 0 Å². The molecule has 5 heteroatoms. The van der Waals surface area contributed by atoms with Crippen molar-refractivity contribution in [3.63, 3.8) is 0 Å². The van der Waals surface area contributed by atoms with Crippen molar-refractivity contribution in [2.24, 2.45) is 5.92 Å². The summed E-state index contributed by atoms with van der Waals surface area (Å²) in [7, 11) is 0. The van der Waals surface area contributed by atoms with Gasteiger partial charge in [-0.1, -0.05) is 20.8 Å². The molecule has 21 heavy (non-hydrogen) atoms. The predicted octanol–water partition coefficient (Wildman–Crippen LogP) is 2.63. The third-order valence-electron chi connectivity index (χ3n) is 4.15. The van der Waals surface area contributed by atoms with Gasteiger partial charge in [-0.05, 0) is 31.1 Å². The molecular weight excluding hydrogens is 264 g/mol. The van der Waals surface area contributed by atoms with Gasteiger partial charge >= 0.3 is 0 Å². The van der Waals surface area contributed by atoms with Crippen molar-refractivity contribution < 1.29 is 5.11 Å². The fraction of sp³-hybridized carbons (Fsp3) is 0.750. The number of aromatic nitrogens is 2. The summed E-state index contributed by atoms with van der Waals surface area (Å²) in [6.07, 6.45) is 4.82. The summed E-state index contributed by atoms with van der Waals surface area (Å²) < 4.78 is 0. The smallest absolute Gasteiger partial charge is 0.137 e. The van der Waals surface area contributed by atoms with Crippen molar-refractivity contribution in [2.45, 2.75) is 46.0 Å². The van der Waals surface area contributed by atoms with Crippen molar-refractivity contribution >= 4 is 11.6 Å². The number of nitrogens with one attached hydrogen (secondary N) is 1. The van der Waals surface area contributed by atoms with E-state index >= 15 is 0 Å². The normalized spacial score (nSPS) is 16.5. The number of anilines is 2. The van der Waals surface area contributed by atoms with Crippen LogP contribution in [0.25, 0.3) is 0 Å². The topological polar surface area (TPSA) is 61.3 Å². The maximum absolute atomic E-state index is 9.28. The van der Waals surface area contributed by atoms with Gasteiger partial charge in [0.25, 0.3) is 0 Å². The van der Waals surface area contributed by atoms with E-state index < -0.39 is 0 Å². The van der Waals surface area contributed by atoms with Crippen LogP contribution >= 0.6 is 0 Å². The molecule has 0 unspecified atom stereocenters. The maximum Gasteiger partial charge on any atom is 0.137 e. The Morgan fingerprint density at radius 1 is 1.33 bits per heavy atom. The Kier molecular flexibility index (Phi) is 5.79. The molecule has 1 aliphatic heterocycles. The van der Waals surface area contributed by atoms with Crippen LogP contribution in [-0.4, -0.2) is 41.3 Å². The Balaban J connectivity index is 2.22. The second-order valence-corrected chi connectivity index (χ2v) is 6.15. The highest BCUT2D eigenvalue weighted by molar-refractivity contribution is 5.60. The first-order valence-electron chi connectivity index (χ1n) is 8.11. The van der Waals surface area contributed by atoms with E-state index in [0.29, 0.717) is 18.4 Å². The largest absolute Gasteiger partial charge is 0.396 e. The van der Waals surface area contributed by atoms with Crippen LogP contribution in [0.4, 0.5) is 11.6 Å². The van der Waals surface area contributed by atoms with Gasteiger partial charge in [0.05, 0.1) is 0 Å². The SMILES string of the molecule is CCCNc1ncnc(N2CCC(CO)CC2)c1C(C)C. The standard InChI is InChI=1S/C16H28N4O/c1-4-7-17-15-14(12(2)3)16(19-11-18-15)20-8-5-13(10-21)6-9-20/h11-13,21H,4-10H2,1-3H3,(H,17,18,19). The van der Waals surface area contributed by atoms with Crippen LogP contribution in [0.5, 0.6) is 0 Å². The molecule has 0 spiro atoms. The summed E-state index contributed by atoms with van der Waals surface area (Å²) in [5, 5.41) is 12.7. The fourth-order valence-electron chi connectivity index (χ4n) is 2.88. The molecule has 1 fully saturated rings. The Labute approximate surface area is 127 Å². The maximum atomic E-state index is 9.28. The zero-order chi connectivity index (χ0) is 15.2. The van der Waals surface area contributed by atoms with Gasteiger partial charge in [0.2, 0.25) is 0 Å². The lowest BCUT2D eigenvalue weighted by atomic mass is 9.96. The van der Waals surface area contributed by atoms with Crippen LogP contribution in [0.15, 0.2) is 6.33 Å². The van der Waals surface area contributed by atoms with Crippen molar-refractivity contribution in [1.82, 2.24) is 9.97 Å². The van der Waals surface area contributed by atoms with Gasteiger partial charge in [-0.2, -0.15) is 0 Å². The zero-order valence-corrected chi connectivity index (χ0v) is 13.5. The molecular formula is C16H28N4O. The van der Waals surface area contributed by atoms with Crippen LogP contribution in [0.3, 0.4) is 0 Å². The van der Waals surface area contributed by atoms with Gasteiger partial charge in [0.15, 0.2) is 0 Å². The zero-order valence-electron chi connectivity index (χ0n) is 13.5. The molecule has 5 nitrogen and oxygen atoms in total. The minimum Gasteiger partial charge on any atom is -0.396 e. The first kappa shape index (κ1) is 16.0. The number of piperidine rings is 1. The third kappa shape index (κ3) is 3.84. The lowest BCUT2D eigenvalue weighted by molar-refractivity contribution is 0.202. The van der Waals surface area contributed by atoms with Crippen LogP contribution in [0.1, 0.15) is 51.5 Å². The molecule has 0 radical (unpaired) electrons. The summed E-state index contributed by atoms with van der Waals surface area (Å²) in [6, 6.07) is 0. The third-order valence-corrected chi connectivity index (χ3v) is 4.15. The highest BCUT2D eigenvalue weighted by atomic mass is 16.3. The van der Waals surface area contributed by atoms with E-state index in [-0.39, 0.29) is 0 Å². The minimum atomic E-state index is 0.304. The molecule has 2 heterocycles. The highest BCUT2D eigenvalue weighted by Gasteiger charge is 2.24. The number of aliphatic hydroxyl groups is 1. The van der Waals surface area contributed by atoms with Crippen molar-refractivity contribution in [2.75, 3.05) is 36.5 Å². The van der Waals surface area contributed by atoms with Gasteiger partial charge in [-0.3, -0.25) is 0 Å². The van der Waals surface area contributed by atoms with Gasteiger partial charge in [0, 0.05) is 31.8 Å². The molecule has 0 aromatic carbocycles. The first-order chi connectivity index (χ1) is 10.2. The average molecular weight is 292 g/mol. The number of nitrogens with zero attached hydrogens (tertiary/aromatic N) is 3. The molecule has 1 saturated heterocycles. The number of hydrogen-bond donors (Lipinski definition) is 2. The van der Waals surface area contributed by atoms with Crippen molar-refractivity contribution in [3.05, 3.63) is 11.9 Å². The average Bonchev–Trinajstić information content (AvgIpc) is 2.52. The van der Waals surface area contributed by atoms with E-state index in [1.807, 2.05) is 0 Å². The molecule has 1 aromatic heterocycles. The summed E-state index contributed by atoms with van der Waals surface area (Å²) >= 11 is 0. The van der Waals surface area contributed by atoms with Crippen LogP contribution in [-0.2, 0) is 0 Å². The monoisotopic (exact) mass is 292 g/mol. The van der Waals surface area contributed by atoms with E-state index in [0.717, 1.165) is 50.5 Å². The Hall–Kier alpha value is -1.36. The Morgan fingerprint density at radius 3 is 2.62 bits per heavy atom. The number of rotatable bonds is 6. The summed E-state index contributed by atoms with van der Waals surface area (Å²) in [5.74, 6) is 2.87.